The van der Waals surface area contributed by atoms with Crippen molar-refractivity contribution in [2.75, 3.05) is 0 Å². The largest absolute Gasteiger partial charge is 0.481 e. The number of aromatic nitrogens is 2. The van der Waals surface area contributed by atoms with Gasteiger partial charge in [-0.1, -0.05) is 23.9 Å². The molecule has 1 saturated carbocycles. The Hall–Kier alpha value is -1.98. The average molecular weight is 278 g/mol. The molecule has 20 heavy (non-hydrogen) atoms. The highest BCUT2D eigenvalue weighted by atomic mass is 16.4. The molecule has 1 aromatic heterocycles. The van der Waals surface area contributed by atoms with E-state index in [4.69, 9.17) is 5.11 Å². The zero-order valence-corrected chi connectivity index (χ0v) is 11.4. The topological polar surface area (TPSA) is 83.2 Å². The van der Waals surface area contributed by atoms with Gasteiger partial charge in [0.2, 0.25) is 0 Å². The van der Waals surface area contributed by atoms with Crippen molar-refractivity contribution < 1.29 is 19.4 Å². The molecule has 2 N–H and O–H groups in total. The van der Waals surface area contributed by atoms with E-state index in [0.717, 1.165) is 12.8 Å². The highest BCUT2D eigenvalue weighted by molar-refractivity contribution is 5.93. The Balaban J connectivity index is 1.88. The lowest BCUT2D eigenvalue weighted by molar-refractivity contribution is -0.753. The van der Waals surface area contributed by atoms with Crippen molar-refractivity contribution in [1.82, 2.24) is 10.4 Å². The molecule has 0 radical (unpaired) electrons. The van der Waals surface area contributed by atoms with Crippen LogP contribution in [0.25, 0.3) is 0 Å². The number of rotatable bonds is 5. The first-order valence-corrected chi connectivity index (χ1v) is 7.03. The van der Waals surface area contributed by atoms with E-state index in [1.807, 2.05) is 0 Å². The van der Waals surface area contributed by atoms with Crippen LogP contribution in [0.15, 0.2) is 18.5 Å². The third kappa shape index (κ3) is 4.29. The Labute approximate surface area is 117 Å². The number of carboxylic acid groups (broad SMARTS) is 1. The maximum Gasteiger partial charge on any atom is 0.309 e. The van der Waals surface area contributed by atoms with Gasteiger partial charge in [-0.3, -0.25) is 9.59 Å². The maximum atomic E-state index is 12.0. The molecule has 1 heterocycles. The number of carbonyl (C=O) groups excluding carboxylic acids is 1. The predicted molar refractivity (Wildman–Crippen MR) is 71.0 cm³/mol. The molecular weight excluding hydrogens is 258 g/mol. The lowest BCUT2D eigenvalue weighted by Gasteiger charge is -2.22. The first kappa shape index (κ1) is 14.4. The monoisotopic (exact) mass is 278 g/mol. The van der Waals surface area contributed by atoms with E-state index < -0.39 is 5.97 Å². The van der Waals surface area contributed by atoms with Gasteiger partial charge in [0.25, 0.3) is 5.91 Å². The predicted octanol–water partition coefficient (Wildman–Crippen LogP) is 0.906. The summed E-state index contributed by atoms with van der Waals surface area (Å²) < 4.78 is 1.52. The molecule has 1 aliphatic rings. The molecule has 6 heteroatoms. The molecule has 0 unspecified atom stereocenters. The van der Waals surface area contributed by atoms with Crippen LogP contribution in [0, 0.1) is 0 Å². The van der Waals surface area contributed by atoms with Crippen LogP contribution in [0.3, 0.4) is 0 Å². The van der Waals surface area contributed by atoms with Crippen molar-refractivity contribution in [1.29, 1.82) is 0 Å². The SMILES string of the molecule is O=C(O)CC[n+]1ccc(C(=O)NC2CCCCC2)cn1. The zero-order chi connectivity index (χ0) is 14.4. The van der Waals surface area contributed by atoms with Crippen LogP contribution in [-0.4, -0.2) is 28.1 Å². The molecule has 108 valence electrons. The maximum absolute atomic E-state index is 12.0. The summed E-state index contributed by atoms with van der Waals surface area (Å²) >= 11 is 0. The summed E-state index contributed by atoms with van der Waals surface area (Å²) in [5.74, 6) is -0.965. The summed E-state index contributed by atoms with van der Waals surface area (Å²) in [6, 6.07) is 1.95. The average Bonchev–Trinajstić information content (AvgIpc) is 2.46. The fourth-order valence-electron chi connectivity index (χ4n) is 2.38. The number of carboxylic acids is 1. The Bertz CT molecular complexity index is 467. The third-order valence-electron chi connectivity index (χ3n) is 3.53. The van der Waals surface area contributed by atoms with Gasteiger partial charge in [-0.05, 0) is 17.9 Å². The second kappa shape index (κ2) is 6.98. The smallest absolute Gasteiger partial charge is 0.309 e. The molecule has 6 nitrogen and oxygen atoms in total. The third-order valence-corrected chi connectivity index (χ3v) is 3.53. The van der Waals surface area contributed by atoms with Gasteiger partial charge in [-0.25, -0.2) is 0 Å². The molecule has 0 atom stereocenters. The molecule has 1 aromatic rings. The molecule has 1 aliphatic carbocycles. The number of hydrogen-bond donors (Lipinski definition) is 2. The second-order valence-corrected chi connectivity index (χ2v) is 5.13. The van der Waals surface area contributed by atoms with Crippen molar-refractivity contribution in [3.05, 3.63) is 24.0 Å². The summed E-state index contributed by atoms with van der Waals surface area (Å²) in [4.78, 5) is 22.5. The first-order chi connectivity index (χ1) is 9.65. The van der Waals surface area contributed by atoms with Gasteiger partial charge in [0.05, 0.1) is 5.56 Å². The van der Waals surface area contributed by atoms with Crippen LogP contribution >= 0.6 is 0 Å². The molecule has 0 aliphatic heterocycles. The fourth-order valence-corrected chi connectivity index (χ4v) is 2.38. The molecule has 1 amide bonds. The minimum atomic E-state index is -0.863. The lowest BCUT2D eigenvalue weighted by Crippen LogP contribution is -2.40. The number of aryl methyl sites for hydroxylation is 1. The van der Waals surface area contributed by atoms with E-state index in [0.29, 0.717) is 12.1 Å². The molecule has 0 saturated heterocycles. The van der Waals surface area contributed by atoms with E-state index >= 15 is 0 Å². The summed E-state index contributed by atoms with van der Waals surface area (Å²) in [6.45, 7) is 0.305. The Morgan fingerprint density at radius 2 is 2.10 bits per heavy atom. The van der Waals surface area contributed by atoms with E-state index in [2.05, 4.69) is 10.4 Å². The van der Waals surface area contributed by atoms with Crippen molar-refractivity contribution in [3.8, 4) is 0 Å². The second-order valence-electron chi connectivity index (χ2n) is 5.13. The number of carbonyl (C=O) groups is 2. The van der Waals surface area contributed by atoms with E-state index in [1.54, 1.807) is 12.3 Å². The molecular formula is C14H20N3O3+. The number of aliphatic carboxylic acids is 1. The van der Waals surface area contributed by atoms with E-state index in [9.17, 15) is 9.59 Å². The molecule has 2 rings (SSSR count). The minimum Gasteiger partial charge on any atom is -0.481 e. The van der Waals surface area contributed by atoms with Gasteiger partial charge < -0.3 is 10.4 Å². The quantitative estimate of drug-likeness (QED) is 0.784. The van der Waals surface area contributed by atoms with E-state index in [1.165, 1.54) is 30.1 Å². The molecule has 1 fully saturated rings. The summed E-state index contributed by atoms with van der Waals surface area (Å²) in [7, 11) is 0. The number of amides is 1. The first-order valence-electron chi connectivity index (χ1n) is 7.03. The summed E-state index contributed by atoms with van der Waals surface area (Å²) in [5.41, 5.74) is 0.516. The van der Waals surface area contributed by atoms with E-state index in [-0.39, 0.29) is 18.4 Å². The van der Waals surface area contributed by atoms with Crippen LogP contribution in [-0.2, 0) is 11.3 Å². The lowest BCUT2D eigenvalue weighted by atomic mass is 9.95. The Kier molecular flexibility index (Phi) is 5.03. The van der Waals surface area contributed by atoms with Gasteiger partial charge in [0.15, 0.2) is 12.7 Å². The summed E-state index contributed by atoms with van der Waals surface area (Å²) in [6.07, 6.45) is 8.84. The van der Waals surface area contributed by atoms with Crippen molar-refractivity contribution >= 4 is 11.9 Å². The van der Waals surface area contributed by atoms with Crippen molar-refractivity contribution in [2.24, 2.45) is 0 Å². The highest BCUT2D eigenvalue weighted by Gasteiger charge is 2.17. The fraction of sp³-hybridized carbons (Fsp3) is 0.571. The Morgan fingerprint density at radius 1 is 1.35 bits per heavy atom. The van der Waals surface area contributed by atoms with Gasteiger partial charge in [0, 0.05) is 12.1 Å². The number of hydrogen-bond acceptors (Lipinski definition) is 3. The number of nitrogens with one attached hydrogen (secondary N) is 1. The molecule has 0 bridgehead atoms. The van der Waals surface area contributed by atoms with Gasteiger partial charge in [0.1, 0.15) is 12.6 Å². The van der Waals surface area contributed by atoms with Crippen molar-refractivity contribution in [2.45, 2.75) is 51.1 Å². The normalized spacial score (nSPS) is 15.8. The van der Waals surface area contributed by atoms with Gasteiger partial charge in [-0.2, -0.15) is 0 Å². The standard InChI is InChI=1S/C14H19N3O3/c18-13(19)7-9-17-8-6-11(10-15-17)14(20)16-12-4-2-1-3-5-12/h6,8,10,12H,1-5,7,9H2,(H-,16,18,19,20)/p+1. The van der Waals surface area contributed by atoms with Crippen LogP contribution in [0.5, 0.6) is 0 Å². The van der Waals surface area contributed by atoms with Gasteiger partial charge >= 0.3 is 5.97 Å². The highest BCUT2D eigenvalue weighted by Crippen LogP contribution is 2.17. The van der Waals surface area contributed by atoms with Crippen LogP contribution in [0.1, 0.15) is 48.9 Å². The van der Waals surface area contributed by atoms with Crippen LogP contribution < -0.4 is 10.00 Å². The Morgan fingerprint density at radius 3 is 2.70 bits per heavy atom. The summed E-state index contributed by atoms with van der Waals surface area (Å²) in [5, 5.41) is 15.7. The molecule has 0 aromatic carbocycles. The minimum absolute atomic E-state index is 0.0191. The van der Waals surface area contributed by atoms with Crippen LogP contribution in [0.2, 0.25) is 0 Å². The zero-order valence-electron chi connectivity index (χ0n) is 11.4. The van der Waals surface area contributed by atoms with Gasteiger partial charge in [-0.15, -0.1) is 0 Å². The van der Waals surface area contributed by atoms with Crippen molar-refractivity contribution in [3.63, 3.8) is 0 Å². The van der Waals surface area contributed by atoms with Crippen LogP contribution in [0.4, 0.5) is 0 Å². The molecule has 0 spiro atoms. The number of nitrogens with zero attached hydrogens (tertiary/aromatic N) is 2.